The summed E-state index contributed by atoms with van der Waals surface area (Å²) in [5.41, 5.74) is -0.665. The van der Waals surface area contributed by atoms with E-state index in [4.69, 9.17) is 0 Å². The van der Waals surface area contributed by atoms with E-state index in [2.05, 4.69) is 15.3 Å². The van der Waals surface area contributed by atoms with Crippen LogP contribution < -0.4 is 5.32 Å². The van der Waals surface area contributed by atoms with Crippen LogP contribution in [0.2, 0.25) is 0 Å². The second-order valence-electron chi connectivity index (χ2n) is 8.05. The Labute approximate surface area is 203 Å². The summed E-state index contributed by atoms with van der Waals surface area (Å²) in [6.45, 7) is -0.162. The molecular weight excluding hydrogens is 507 g/mol. The predicted octanol–water partition coefficient (Wildman–Crippen LogP) is 3.91. The van der Waals surface area contributed by atoms with Crippen LogP contribution in [0.4, 0.5) is 22.0 Å². The van der Waals surface area contributed by atoms with Crippen LogP contribution in [0.5, 0.6) is 0 Å². The van der Waals surface area contributed by atoms with Crippen molar-refractivity contribution in [2.24, 2.45) is 0 Å². The summed E-state index contributed by atoms with van der Waals surface area (Å²) in [4.78, 5) is 20.1. The molecule has 0 aliphatic carbocycles. The number of hydrogen-bond donors (Lipinski definition) is 1. The lowest BCUT2D eigenvalue weighted by Crippen LogP contribution is -2.45. The van der Waals surface area contributed by atoms with Crippen LogP contribution in [0.15, 0.2) is 59.6 Å². The molecular formula is C23H19F5N4O3S. The van der Waals surface area contributed by atoms with Crippen LogP contribution >= 0.6 is 0 Å². The van der Waals surface area contributed by atoms with Gasteiger partial charge in [-0.15, -0.1) is 0 Å². The zero-order chi connectivity index (χ0) is 26.1. The number of carbonyl (C=O) groups excluding carboxylic acids is 1. The highest BCUT2D eigenvalue weighted by molar-refractivity contribution is 7.89. The number of alkyl halides is 3. The Morgan fingerprint density at radius 1 is 1.08 bits per heavy atom. The van der Waals surface area contributed by atoms with Crippen molar-refractivity contribution in [3.63, 3.8) is 0 Å². The summed E-state index contributed by atoms with van der Waals surface area (Å²) in [6, 6.07) is 7.50. The van der Waals surface area contributed by atoms with Crippen molar-refractivity contribution in [2.75, 3.05) is 6.54 Å². The van der Waals surface area contributed by atoms with Gasteiger partial charge >= 0.3 is 6.18 Å². The maximum atomic E-state index is 14.1. The van der Waals surface area contributed by atoms with Crippen LogP contribution in [0.25, 0.3) is 11.3 Å². The summed E-state index contributed by atoms with van der Waals surface area (Å²) < 4.78 is 92.5. The monoisotopic (exact) mass is 526 g/mol. The summed E-state index contributed by atoms with van der Waals surface area (Å²) in [6.07, 6.45) is -3.25. The summed E-state index contributed by atoms with van der Waals surface area (Å²) in [5.74, 6) is -2.16. The van der Waals surface area contributed by atoms with E-state index >= 15 is 0 Å². The van der Waals surface area contributed by atoms with Crippen molar-refractivity contribution in [2.45, 2.75) is 36.5 Å². The minimum absolute atomic E-state index is 0.0611. The quantitative estimate of drug-likeness (QED) is 0.389. The molecule has 1 N–H and O–H groups in total. The number of aromatic nitrogens is 2. The van der Waals surface area contributed by atoms with Gasteiger partial charge in [0, 0.05) is 24.4 Å². The predicted molar refractivity (Wildman–Crippen MR) is 118 cm³/mol. The van der Waals surface area contributed by atoms with E-state index < -0.39 is 45.5 Å². The Balaban J connectivity index is 1.48. The van der Waals surface area contributed by atoms with E-state index in [0.717, 1.165) is 46.8 Å². The lowest BCUT2D eigenvalue weighted by Gasteiger charge is -2.23. The van der Waals surface area contributed by atoms with Gasteiger partial charge in [0.05, 0.1) is 28.4 Å². The third kappa shape index (κ3) is 5.51. The maximum Gasteiger partial charge on any atom is 0.417 e. The molecule has 2 aromatic heterocycles. The molecule has 1 unspecified atom stereocenters. The van der Waals surface area contributed by atoms with E-state index in [1.165, 1.54) is 6.07 Å². The summed E-state index contributed by atoms with van der Waals surface area (Å²) in [7, 11) is -4.05. The SMILES string of the molecule is O=C(NCc1cc(-c2ccc(C(F)(F)F)cn2)cc(F)n1)C1CCCN1S(=O)(=O)c1ccc(F)cc1. The van der Waals surface area contributed by atoms with Crippen molar-refractivity contribution in [1.82, 2.24) is 19.6 Å². The average molecular weight is 526 g/mol. The third-order valence-corrected chi connectivity index (χ3v) is 7.53. The largest absolute Gasteiger partial charge is 0.417 e. The first-order valence-corrected chi connectivity index (χ1v) is 12.1. The van der Waals surface area contributed by atoms with Crippen LogP contribution in [0, 0.1) is 11.8 Å². The number of sulfonamides is 1. The highest BCUT2D eigenvalue weighted by atomic mass is 32.2. The molecule has 1 aliphatic rings. The Kier molecular flexibility index (Phi) is 7.05. The van der Waals surface area contributed by atoms with Gasteiger partial charge in [-0.1, -0.05) is 0 Å². The highest BCUT2D eigenvalue weighted by Crippen LogP contribution is 2.30. The zero-order valence-corrected chi connectivity index (χ0v) is 19.3. The Bertz CT molecular complexity index is 1360. The molecule has 0 bridgehead atoms. The Hall–Kier alpha value is -3.45. The lowest BCUT2D eigenvalue weighted by atomic mass is 10.1. The first-order valence-electron chi connectivity index (χ1n) is 10.7. The molecule has 3 aromatic rings. The molecule has 1 saturated heterocycles. The minimum Gasteiger partial charge on any atom is -0.349 e. The first kappa shape index (κ1) is 25.6. The molecule has 0 saturated carbocycles. The highest BCUT2D eigenvalue weighted by Gasteiger charge is 2.39. The summed E-state index contributed by atoms with van der Waals surface area (Å²) in [5, 5.41) is 2.54. The standard InChI is InChI=1S/C23H19F5N4O3S/c24-16-4-6-18(7-5-16)36(34,35)32-9-1-2-20(32)22(33)30-13-17-10-14(11-21(25)31-17)19-8-3-15(12-29-19)23(26,27)28/h3-8,10-12,20H,1-2,9,13H2,(H,30,33). The third-order valence-electron chi connectivity index (χ3n) is 5.60. The van der Waals surface area contributed by atoms with E-state index in [1.54, 1.807) is 0 Å². The molecule has 4 rings (SSSR count). The molecule has 0 spiro atoms. The fraction of sp³-hybridized carbons (Fsp3) is 0.261. The molecule has 1 aromatic carbocycles. The number of pyridine rings is 2. The molecule has 1 amide bonds. The molecule has 190 valence electrons. The smallest absolute Gasteiger partial charge is 0.349 e. The molecule has 1 atom stereocenters. The Morgan fingerprint density at radius 2 is 1.81 bits per heavy atom. The van der Waals surface area contributed by atoms with Crippen molar-refractivity contribution < 1.29 is 35.2 Å². The van der Waals surface area contributed by atoms with Gasteiger partial charge in [0.1, 0.15) is 11.9 Å². The lowest BCUT2D eigenvalue weighted by molar-refractivity contribution is -0.137. The second kappa shape index (κ2) is 9.90. The van der Waals surface area contributed by atoms with E-state index in [-0.39, 0.29) is 41.4 Å². The number of rotatable bonds is 6. The zero-order valence-electron chi connectivity index (χ0n) is 18.5. The van der Waals surface area contributed by atoms with Crippen molar-refractivity contribution in [3.8, 4) is 11.3 Å². The number of nitrogens with zero attached hydrogens (tertiary/aromatic N) is 3. The Morgan fingerprint density at radius 3 is 2.44 bits per heavy atom. The van der Waals surface area contributed by atoms with Gasteiger partial charge in [0.2, 0.25) is 21.9 Å². The van der Waals surface area contributed by atoms with Gasteiger partial charge in [-0.25, -0.2) is 17.8 Å². The molecule has 3 heterocycles. The van der Waals surface area contributed by atoms with Gasteiger partial charge in [-0.05, 0) is 55.3 Å². The van der Waals surface area contributed by atoms with Gasteiger partial charge in [-0.2, -0.15) is 21.9 Å². The van der Waals surface area contributed by atoms with Crippen LogP contribution in [-0.2, 0) is 27.5 Å². The fourth-order valence-corrected chi connectivity index (χ4v) is 5.51. The van der Waals surface area contributed by atoms with Crippen molar-refractivity contribution >= 4 is 15.9 Å². The van der Waals surface area contributed by atoms with E-state index in [0.29, 0.717) is 12.6 Å². The van der Waals surface area contributed by atoms with Crippen molar-refractivity contribution in [1.29, 1.82) is 0 Å². The normalized spacial score (nSPS) is 16.8. The van der Waals surface area contributed by atoms with E-state index in [1.807, 2.05) is 0 Å². The van der Waals surface area contributed by atoms with Gasteiger partial charge < -0.3 is 5.32 Å². The number of nitrogens with one attached hydrogen (secondary N) is 1. The number of amides is 1. The molecule has 1 fully saturated rings. The van der Waals surface area contributed by atoms with Crippen LogP contribution in [-0.4, -0.2) is 41.2 Å². The second-order valence-corrected chi connectivity index (χ2v) is 9.94. The first-order chi connectivity index (χ1) is 16.9. The van der Waals surface area contributed by atoms with Crippen LogP contribution in [0.3, 0.4) is 0 Å². The molecule has 13 heteroatoms. The van der Waals surface area contributed by atoms with Gasteiger partial charge in [-0.3, -0.25) is 9.78 Å². The number of hydrogen-bond acceptors (Lipinski definition) is 5. The molecule has 0 radical (unpaired) electrons. The topological polar surface area (TPSA) is 92.3 Å². The fourth-order valence-electron chi connectivity index (χ4n) is 3.85. The van der Waals surface area contributed by atoms with Crippen molar-refractivity contribution in [3.05, 3.63) is 77.8 Å². The minimum atomic E-state index is -4.57. The molecule has 1 aliphatic heterocycles. The molecule has 36 heavy (non-hydrogen) atoms. The number of halogens is 5. The van der Waals surface area contributed by atoms with E-state index in [9.17, 15) is 35.2 Å². The summed E-state index contributed by atoms with van der Waals surface area (Å²) >= 11 is 0. The number of benzene rings is 1. The van der Waals surface area contributed by atoms with Gasteiger partial charge in [0.25, 0.3) is 0 Å². The van der Waals surface area contributed by atoms with Crippen LogP contribution in [0.1, 0.15) is 24.1 Å². The molecule has 7 nitrogen and oxygen atoms in total. The average Bonchev–Trinajstić information content (AvgIpc) is 3.33. The maximum absolute atomic E-state index is 14.1. The van der Waals surface area contributed by atoms with Gasteiger partial charge in [0.15, 0.2) is 0 Å². The number of carbonyl (C=O) groups is 1.